The zero-order valence-electron chi connectivity index (χ0n) is 13.2. The van der Waals surface area contributed by atoms with E-state index in [0.29, 0.717) is 5.56 Å². The van der Waals surface area contributed by atoms with E-state index in [1.54, 1.807) is 44.2 Å². The number of ether oxygens (including phenoxy) is 2. The molecule has 126 valence electrons. The van der Waals surface area contributed by atoms with Crippen molar-refractivity contribution in [2.45, 2.75) is 13.8 Å². The molecule has 0 unspecified atom stereocenters. The number of esters is 2. The summed E-state index contributed by atoms with van der Waals surface area (Å²) in [5.41, 5.74) is 0.270. The van der Waals surface area contributed by atoms with Crippen molar-refractivity contribution in [2.24, 2.45) is 0 Å². The van der Waals surface area contributed by atoms with Gasteiger partial charge in [0.1, 0.15) is 4.88 Å². The van der Waals surface area contributed by atoms with Crippen LogP contribution in [-0.2, 0) is 9.47 Å². The average Bonchev–Trinajstić information content (AvgIpc) is 3.00. The van der Waals surface area contributed by atoms with Gasteiger partial charge in [0.15, 0.2) is 10.8 Å². The van der Waals surface area contributed by atoms with E-state index in [-0.39, 0.29) is 28.9 Å². The van der Waals surface area contributed by atoms with Crippen LogP contribution in [0.3, 0.4) is 0 Å². The highest BCUT2D eigenvalue weighted by atomic mass is 32.1. The van der Waals surface area contributed by atoms with Crippen LogP contribution in [0.2, 0.25) is 0 Å². The summed E-state index contributed by atoms with van der Waals surface area (Å²) in [6.45, 7) is 3.60. The molecule has 7 nitrogen and oxygen atoms in total. The lowest BCUT2D eigenvalue weighted by molar-refractivity contribution is 0.0479. The van der Waals surface area contributed by atoms with E-state index in [2.05, 4.69) is 10.3 Å². The SMILES string of the molecule is CCOC(=O)c1nc(NC(=O)c2ccccc2)sc1C(=O)OCC. The molecule has 24 heavy (non-hydrogen) atoms. The standard InChI is InChI=1S/C16H16N2O5S/c1-3-22-14(20)11-12(15(21)23-4-2)24-16(17-11)18-13(19)10-8-6-5-7-9-10/h5-9H,3-4H2,1-2H3,(H,17,18,19). The molecule has 1 N–H and O–H groups in total. The smallest absolute Gasteiger partial charge is 0.358 e. The Kier molecular flexibility index (Phi) is 6.02. The van der Waals surface area contributed by atoms with E-state index in [9.17, 15) is 14.4 Å². The van der Waals surface area contributed by atoms with Gasteiger partial charge in [0, 0.05) is 5.56 Å². The molecule has 1 amide bonds. The minimum absolute atomic E-state index is 0.00124. The second-order valence-electron chi connectivity index (χ2n) is 4.46. The van der Waals surface area contributed by atoms with Crippen LogP contribution in [0.25, 0.3) is 0 Å². The fourth-order valence-electron chi connectivity index (χ4n) is 1.81. The van der Waals surface area contributed by atoms with E-state index < -0.39 is 17.8 Å². The minimum atomic E-state index is -0.739. The number of aromatic nitrogens is 1. The Balaban J connectivity index is 2.27. The summed E-state index contributed by atoms with van der Waals surface area (Å²) in [5.74, 6) is -1.81. The van der Waals surface area contributed by atoms with Gasteiger partial charge in [0.25, 0.3) is 5.91 Å². The molecule has 0 radical (unpaired) electrons. The largest absolute Gasteiger partial charge is 0.462 e. The number of benzene rings is 1. The van der Waals surface area contributed by atoms with Gasteiger partial charge in [-0.2, -0.15) is 0 Å². The first-order valence-electron chi connectivity index (χ1n) is 7.28. The molecule has 0 aliphatic rings. The lowest BCUT2D eigenvalue weighted by Gasteiger charge is -2.01. The zero-order valence-corrected chi connectivity index (χ0v) is 14.0. The van der Waals surface area contributed by atoms with E-state index >= 15 is 0 Å². The second kappa shape index (κ2) is 8.21. The average molecular weight is 348 g/mol. The number of hydrogen-bond acceptors (Lipinski definition) is 7. The van der Waals surface area contributed by atoms with Gasteiger partial charge in [-0.3, -0.25) is 10.1 Å². The Morgan fingerprint density at radius 1 is 1.04 bits per heavy atom. The van der Waals surface area contributed by atoms with E-state index in [1.807, 2.05) is 0 Å². The number of thiazole rings is 1. The van der Waals surface area contributed by atoms with Gasteiger partial charge < -0.3 is 9.47 Å². The summed E-state index contributed by atoms with van der Waals surface area (Å²) in [7, 11) is 0. The molecule has 0 saturated heterocycles. The van der Waals surface area contributed by atoms with Crippen LogP contribution in [0.1, 0.15) is 44.4 Å². The van der Waals surface area contributed by atoms with Crippen LogP contribution >= 0.6 is 11.3 Å². The Morgan fingerprint density at radius 3 is 2.29 bits per heavy atom. The fraction of sp³-hybridized carbons (Fsp3) is 0.250. The minimum Gasteiger partial charge on any atom is -0.462 e. The lowest BCUT2D eigenvalue weighted by atomic mass is 10.2. The first kappa shape index (κ1) is 17.6. The number of rotatable bonds is 6. The first-order chi connectivity index (χ1) is 11.6. The number of hydrogen-bond donors (Lipinski definition) is 1. The van der Waals surface area contributed by atoms with Gasteiger partial charge in [0.2, 0.25) is 0 Å². The Morgan fingerprint density at radius 2 is 1.67 bits per heavy atom. The van der Waals surface area contributed by atoms with Gasteiger partial charge in [-0.05, 0) is 26.0 Å². The molecule has 1 aromatic heterocycles. The predicted molar refractivity (Wildman–Crippen MR) is 88.4 cm³/mol. The lowest BCUT2D eigenvalue weighted by Crippen LogP contribution is -2.13. The van der Waals surface area contributed by atoms with Crippen molar-refractivity contribution >= 4 is 34.3 Å². The van der Waals surface area contributed by atoms with Crippen LogP contribution in [0.4, 0.5) is 5.13 Å². The third-order valence-electron chi connectivity index (χ3n) is 2.81. The Bertz CT molecular complexity index is 707. The topological polar surface area (TPSA) is 94.6 Å². The van der Waals surface area contributed by atoms with E-state index in [4.69, 9.17) is 9.47 Å². The highest BCUT2D eigenvalue weighted by molar-refractivity contribution is 7.17. The second-order valence-corrected chi connectivity index (χ2v) is 5.46. The maximum Gasteiger partial charge on any atom is 0.358 e. The fourth-order valence-corrected chi connectivity index (χ4v) is 2.65. The van der Waals surface area contributed by atoms with Crippen molar-refractivity contribution in [1.82, 2.24) is 4.98 Å². The number of anilines is 1. The summed E-state index contributed by atoms with van der Waals surface area (Å²) >= 11 is 0.866. The highest BCUT2D eigenvalue weighted by Gasteiger charge is 2.26. The summed E-state index contributed by atoms with van der Waals surface area (Å²) in [6.07, 6.45) is 0. The van der Waals surface area contributed by atoms with Gasteiger partial charge in [0.05, 0.1) is 13.2 Å². The number of nitrogens with zero attached hydrogens (tertiary/aromatic N) is 1. The van der Waals surface area contributed by atoms with Crippen LogP contribution in [-0.4, -0.2) is 36.0 Å². The Hall–Kier alpha value is -2.74. The molecule has 0 bridgehead atoms. The molecule has 0 aliphatic carbocycles. The quantitative estimate of drug-likeness (QED) is 0.807. The molecule has 1 heterocycles. The van der Waals surface area contributed by atoms with Crippen molar-refractivity contribution in [2.75, 3.05) is 18.5 Å². The third-order valence-corrected chi connectivity index (χ3v) is 3.76. The van der Waals surface area contributed by atoms with Gasteiger partial charge in [-0.15, -0.1) is 0 Å². The number of carbonyl (C=O) groups is 3. The normalized spacial score (nSPS) is 10.1. The molecule has 0 atom stereocenters. The molecule has 0 aliphatic heterocycles. The summed E-state index contributed by atoms with van der Waals surface area (Å²) in [4.78, 5) is 40.1. The third kappa shape index (κ3) is 4.17. The van der Waals surface area contributed by atoms with Crippen molar-refractivity contribution in [3.8, 4) is 0 Å². The van der Waals surface area contributed by atoms with Crippen molar-refractivity contribution in [3.63, 3.8) is 0 Å². The summed E-state index contributed by atoms with van der Waals surface area (Å²) < 4.78 is 9.80. The molecule has 8 heteroatoms. The predicted octanol–water partition coefficient (Wildman–Crippen LogP) is 2.75. The summed E-state index contributed by atoms with van der Waals surface area (Å²) in [5, 5.41) is 2.69. The molecule has 2 aromatic rings. The van der Waals surface area contributed by atoms with Crippen LogP contribution < -0.4 is 5.32 Å². The maximum atomic E-state index is 12.1. The molecule has 0 fully saturated rings. The molecule has 1 aromatic carbocycles. The first-order valence-corrected chi connectivity index (χ1v) is 8.09. The highest BCUT2D eigenvalue weighted by Crippen LogP contribution is 2.25. The molecule has 0 saturated carbocycles. The van der Waals surface area contributed by atoms with Crippen molar-refractivity contribution < 1.29 is 23.9 Å². The monoisotopic (exact) mass is 348 g/mol. The number of nitrogens with one attached hydrogen (secondary N) is 1. The number of carbonyl (C=O) groups excluding carboxylic acids is 3. The van der Waals surface area contributed by atoms with Crippen LogP contribution in [0.15, 0.2) is 30.3 Å². The van der Waals surface area contributed by atoms with Crippen LogP contribution in [0, 0.1) is 0 Å². The Labute approximate surface area is 142 Å². The van der Waals surface area contributed by atoms with Crippen molar-refractivity contribution in [1.29, 1.82) is 0 Å². The number of amides is 1. The van der Waals surface area contributed by atoms with Gasteiger partial charge in [-0.25, -0.2) is 14.6 Å². The van der Waals surface area contributed by atoms with E-state index in [1.165, 1.54) is 0 Å². The maximum absolute atomic E-state index is 12.1. The van der Waals surface area contributed by atoms with Crippen LogP contribution in [0.5, 0.6) is 0 Å². The molecular weight excluding hydrogens is 332 g/mol. The van der Waals surface area contributed by atoms with Crippen molar-refractivity contribution in [3.05, 3.63) is 46.5 Å². The van der Waals surface area contributed by atoms with Gasteiger partial charge in [-0.1, -0.05) is 29.5 Å². The zero-order chi connectivity index (χ0) is 17.5. The van der Waals surface area contributed by atoms with E-state index in [0.717, 1.165) is 11.3 Å². The molecule has 0 spiro atoms. The van der Waals surface area contributed by atoms with Gasteiger partial charge >= 0.3 is 11.9 Å². The molecule has 2 rings (SSSR count). The summed E-state index contributed by atoms with van der Waals surface area (Å²) in [6, 6.07) is 8.52. The molecular formula is C16H16N2O5S.